The topological polar surface area (TPSA) is 131 Å². The van der Waals surface area contributed by atoms with Crippen LogP contribution < -0.4 is 11.1 Å². The number of carbonyl (C=O) groups is 1. The molecule has 2 heterocycles. The molecule has 0 aliphatic carbocycles. The van der Waals surface area contributed by atoms with Crippen molar-refractivity contribution in [2.75, 3.05) is 24.7 Å². The first-order valence-electron chi connectivity index (χ1n) is 6.97. The van der Waals surface area contributed by atoms with E-state index in [0.29, 0.717) is 38.9 Å². The Morgan fingerprint density at radius 3 is 2.38 bits per heavy atom. The molecule has 2 aliphatic rings. The molecular weight excluding hydrogens is 298 g/mol. The second-order valence-corrected chi connectivity index (χ2v) is 7.88. The zero-order valence-electron chi connectivity index (χ0n) is 11.7. The van der Waals surface area contributed by atoms with Gasteiger partial charge in [0.15, 0.2) is 5.84 Å². The van der Waals surface area contributed by atoms with E-state index in [4.69, 9.17) is 15.7 Å². The van der Waals surface area contributed by atoms with Gasteiger partial charge in [-0.15, -0.1) is 0 Å². The van der Waals surface area contributed by atoms with Gasteiger partial charge in [0.05, 0.1) is 11.5 Å². The molecule has 120 valence electrons. The van der Waals surface area contributed by atoms with Gasteiger partial charge in [0.1, 0.15) is 15.3 Å². The summed E-state index contributed by atoms with van der Waals surface area (Å²) in [7, 11) is -2.97. The lowest BCUT2D eigenvalue weighted by Crippen LogP contribution is -2.55. The Balaban J connectivity index is 2.06. The minimum absolute atomic E-state index is 0.0810. The Morgan fingerprint density at radius 1 is 1.29 bits per heavy atom. The van der Waals surface area contributed by atoms with Crippen molar-refractivity contribution in [1.29, 1.82) is 0 Å². The summed E-state index contributed by atoms with van der Waals surface area (Å²) in [5, 5.41) is 14.8. The number of hydrogen-bond acceptors (Lipinski definition) is 6. The second-order valence-electron chi connectivity index (χ2n) is 5.58. The monoisotopic (exact) mass is 319 g/mol. The van der Waals surface area contributed by atoms with Crippen LogP contribution in [-0.2, 0) is 19.4 Å². The molecule has 0 unspecified atom stereocenters. The fraction of sp³-hybridized carbons (Fsp3) is 0.833. The van der Waals surface area contributed by atoms with Crippen LogP contribution in [0.25, 0.3) is 0 Å². The average molecular weight is 319 g/mol. The van der Waals surface area contributed by atoms with E-state index >= 15 is 0 Å². The van der Waals surface area contributed by atoms with Crippen molar-refractivity contribution in [2.45, 2.75) is 31.7 Å². The van der Waals surface area contributed by atoms with E-state index in [1.54, 1.807) is 0 Å². The van der Waals surface area contributed by atoms with Gasteiger partial charge in [-0.2, -0.15) is 0 Å². The predicted molar refractivity (Wildman–Crippen MR) is 75.7 cm³/mol. The molecule has 2 saturated heterocycles. The van der Waals surface area contributed by atoms with Gasteiger partial charge in [0.2, 0.25) is 5.91 Å². The molecule has 0 radical (unpaired) electrons. The number of oxime groups is 1. The first kappa shape index (κ1) is 16.0. The van der Waals surface area contributed by atoms with Gasteiger partial charge in [-0.05, 0) is 25.7 Å². The molecule has 9 heteroatoms. The van der Waals surface area contributed by atoms with Crippen molar-refractivity contribution in [3.8, 4) is 0 Å². The van der Waals surface area contributed by atoms with Crippen LogP contribution in [0.3, 0.4) is 0 Å². The number of amidine groups is 1. The summed E-state index contributed by atoms with van der Waals surface area (Å²) in [5.74, 6) is -0.271. The quantitative estimate of drug-likeness (QED) is 0.271. The lowest BCUT2D eigenvalue weighted by molar-refractivity contribution is -0.132. The number of nitrogens with zero attached hydrogens (tertiary/aromatic N) is 1. The first-order valence-corrected chi connectivity index (χ1v) is 8.79. The third-order valence-electron chi connectivity index (χ3n) is 4.27. The summed E-state index contributed by atoms with van der Waals surface area (Å²) in [6.45, 7) is 0.728. The van der Waals surface area contributed by atoms with Crippen molar-refractivity contribution < 1.29 is 23.2 Å². The highest BCUT2D eigenvalue weighted by atomic mass is 32.2. The summed E-state index contributed by atoms with van der Waals surface area (Å²) in [6.07, 6.45) is 1.49. The third-order valence-corrected chi connectivity index (χ3v) is 5.98. The summed E-state index contributed by atoms with van der Waals surface area (Å²) in [4.78, 5) is 12.6. The number of nitrogens with two attached hydrogens (primary N) is 1. The largest absolute Gasteiger partial charge is 0.409 e. The minimum atomic E-state index is -2.97. The van der Waals surface area contributed by atoms with Crippen LogP contribution >= 0.6 is 0 Å². The molecule has 0 spiro atoms. The Labute approximate surface area is 123 Å². The van der Waals surface area contributed by atoms with Gasteiger partial charge in [-0.3, -0.25) is 4.79 Å². The Kier molecular flexibility index (Phi) is 4.72. The maximum Gasteiger partial charge on any atom is 0.234 e. The van der Waals surface area contributed by atoms with Crippen LogP contribution in [0.4, 0.5) is 0 Å². The molecular formula is C12H21N3O5S. The van der Waals surface area contributed by atoms with E-state index in [-0.39, 0.29) is 29.3 Å². The van der Waals surface area contributed by atoms with E-state index in [1.165, 1.54) is 0 Å². The van der Waals surface area contributed by atoms with Crippen LogP contribution in [0.5, 0.6) is 0 Å². The van der Waals surface area contributed by atoms with Gasteiger partial charge in [-0.1, -0.05) is 5.16 Å². The number of rotatable bonds is 3. The van der Waals surface area contributed by atoms with Crippen molar-refractivity contribution >= 4 is 21.6 Å². The van der Waals surface area contributed by atoms with E-state index in [9.17, 15) is 13.2 Å². The molecule has 0 aromatic rings. The van der Waals surface area contributed by atoms with Gasteiger partial charge in [0.25, 0.3) is 0 Å². The lowest BCUT2D eigenvalue weighted by atomic mass is 9.78. The highest BCUT2D eigenvalue weighted by Gasteiger charge is 2.45. The van der Waals surface area contributed by atoms with E-state index in [0.717, 1.165) is 0 Å². The van der Waals surface area contributed by atoms with Crippen LogP contribution in [0.1, 0.15) is 25.7 Å². The summed E-state index contributed by atoms with van der Waals surface area (Å²) in [6, 6.07) is -0.188. The molecule has 8 nitrogen and oxygen atoms in total. The number of nitrogens with one attached hydrogen (secondary N) is 1. The summed E-state index contributed by atoms with van der Waals surface area (Å²) < 4.78 is 28.0. The number of hydrogen-bond donors (Lipinski definition) is 3. The Hall–Kier alpha value is -1.35. The average Bonchev–Trinajstić information content (AvgIpc) is 2.49. The van der Waals surface area contributed by atoms with Gasteiger partial charge in [-0.25, -0.2) is 8.42 Å². The van der Waals surface area contributed by atoms with Crippen molar-refractivity contribution in [1.82, 2.24) is 5.32 Å². The van der Waals surface area contributed by atoms with Gasteiger partial charge in [0, 0.05) is 19.3 Å². The second kappa shape index (κ2) is 6.18. The number of ether oxygens (including phenoxy) is 1. The standard InChI is InChI=1S/C12H21N3O5S/c13-10(15-17)12(3-5-20-6-4-12)11(16)14-9-1-7-21(18,19)8-2-9/h9,17H,1-8H2,(H2,13,15)(H,14,16). The normalized spacial score (nSPS) is 26.2. The fourth-order valence-electron chi connectivity index (χ4n) is 2.77. The minimum Gasteiger partial charge on any atom is -0.409 e. The first-order chi connectivity index (χ1) is 9.89. The SMILES string of the molecule is NC(=NO)C1(C(=O)NC2CCS(=O)(=O)CC2)CCOCC1. The Bertz CT molecular complexity index is 511. The zero-order valence-corrected chi connectivity index (χ0v) is 12.6. The van der Waals surface area contributed by atoms with Gasteiger partial charge < -0.3 is 21.0 Å². The van der Waals surface area contributed by atoms with E-state index in [1.807, 2.05) is 0 Å². The molecule has 0 bridgehead atoms. The Morgan fingerprint density at radius 2 is 1.86 bits per heavy atom. The van der Waals surface area contributed by atoms with Gasteiger partial charge >= 0.3 is 0 Å². The maximum atomic E-state index is 12.6. The number of amides is 1. The fourth-order valence-corrected chi connectivity index (χ4v) is 4.26. The number of carbonyl (C=O) groups excluding carboxylic acids is 1. The lowest BCUT2D eigenvalue weighted by Gasteiger charge is -2.36. The molecule has 1 amide bonds. The van der Waals surface area contributed by atoms with E-state index in [2.05, 4.69) is 10.5 Å². The summed E-state index contributed by atoms with van der Waals surface area (Å²) in [5.41, 5.74) is 4.65. The predicted octanol–water partition coefficient (Wildman–Crippen LogP) is -0.777. The van der Waals surface area contributed by atoms with Crippen LogP contribution in [0.15, 0.2) is 5.16 Å². The molecule has 2 aliphatic heterocycles. The molecule has 21 heavy (non-hydrogen) atoms. The van der Waals surface area contributed by atoms with Crippen LogP contribution in [0.2, 0.25) is 0 Å². The number of sulfone groups is 1. The zero-order chi connectivity index (χ0) is 15.5. The molecule has 0 aromatic carbocycles. The summed E-state index contributed by atoms with van der Waals surface area (Å²) >= 11 is 0. The van der Waals surface area contributed by atoms with E-state index < -0.39 is 15.3 Å². The van der Waals surface area contributed by atoms with Crippen molar-refractivity contribution in [2.24, 2.45) is 16.3 Å². The molecule has 0 aromatic heterocycles. The maximum absolute atomic E-state index is 12.6. The van der Waals surface area contributed by atoms with Crippen LogP contribution in [-0.4, -0.2) is 56.1 Å². The third kappa shape index (κ3) is 3.46. The highest BCUT2D eigenvalue weighted by molar-refractivity contribution is 7.91. The van der Waals surface area contributed by atoms with Crippen LogP contribution in [0, 0.1) is 5.41 Å². The molecule has 2 fully saturated rings. The highest BCUT2D eigenvalue weighted by Crippen LogP contribution is 2.31. The van der Waals surface area contributed by atoms with Crippen molar-refractivity contribution in [3.63, 3.8) is 0 Å². The molecule has 0 atom stereocenters. The molecule has 0 saturated carbocycles. The van der Waals surface area contributed by atoms with Crippen molar-refractivity contribution in [3.05, 3.63) is 0 Å². The smallest absolute Gasteiger partial charge is 0.234 e. The molecule has 4 N–H and O–H groups in total. The molecule has 2 rings (SSSR count).